The van der Waals surface area contributed by atoms with Crippen LogP contribution in [-0.2, 0) is 4.74 Å². The van der Waals surface area contributed by atoms with Gasteiger partial charge in [0.15, 0.2) is 0 Å². The van der Waals surface area contributed by atoms with Crippen molar-refractivity contribution in [3.05, 3.63) is 28.2 Å². The Bertz CT molecular complexity index is 373. The van der Waals surface area contributed by atoms with Crippen LogP contribution in [0.25, 0.3) is 0 Å². The highest BCUT2D eigenvalue weighted by Crippen LogP contribution is 2.32. The summed E-state index contributed by atoms with van der Waals surface area (Å²) < 4.78 is 10.9. The van der Waals surface area contributed by atoms with Gasteiger partial charge in [0.25, 0.3) is 0 Å². The number of methoxy groups -OCH3 is 1. The smallest absolute Gasteiger partial charge is 0.129 e. The van der Waals surface area contributed by atoms with Gasteiger partial charge in [0, 0.05) is 10.3 Å². The van der Waals surface area contributed by atoms with Gasteiger partial charge in [-0.15, -0.1) is 11.3 Å². The minimum atomic E-state index is 0.161. The lowest BCUT2D eigenvalue weighted by Crippen LogP contribution is -2.21. The molecule has 0 saturated carbocycles. The number of hydrogen-bond acceptors (Lipinski definition) is 4. The molecular weight excluding hydrogens is 222 g/mol. The first kappa shape index (κ1) is 11.5. The summed E-state index contributed by atoms with van der Waals surface area (Å²) in [5.74, 6) is 1.95. The molecule has 0 spiro atoms. The van der Waals surface area contributed by atoms with Gasteiger partial charge in [0.05, 0.1) is 19.8 Å². The Balaban J connectivity index is 2.17. The molecule has 1 unspecified atom stereocenters. The van der Waals surface area contributed by atoms with Crippen LogP contribution in [0.4, 0.5) is 0 Å². The zero-order valence-corrected chi connectivity index (χ0v) is 10.5. The van der Waals surface area contributed by atoms with E-state index in [0.717, 1.165) is 31.0 Å². The molecule has 0 saturated heterocycles. The normalized spacial score (nSPS) is 17.5. The quantitative estimate of drug-likeness (QED) is 0.876. The zero-order chi connectivity index (χ0) is 11.4. The van der Waals surface area contributed by atoms with Crippen LogP contribution in [0.2, 0.25) is 0 Å². The van der Waals surface area contributed by atoms with Crippen molar-refractivity contribution in [1.29, 1.82) is 0 Å². The Labute approximate surface area is 100 Å². The fourth-order valence-electron chi connectivity index (χ4n) is 1.80. The molecule has 4 heteroatoms. The molecule has 0 bridgehead atoms. The van der Waals surface area contributed by atoms with Crippen LogP contribution < -0.4 is 10.1 Å². The first-order valence-electron chi connectivity index (χ1n) is 5.47. The van der Waals surface area contributed by atoms with E-state index in [4.69, 9.17) is 9.47 Å². The summed E-state index contributed by atoms with van der Waals surface area (Å²) in [6.07, 6.45) is 4.40. The molecule has 1 N–H and O–H groups in total. The summed E-state index contributed by atoms with van der Waals surface area (Å²) in [5.41, 5.74) is 0. The molecule has 0 fully saturated rings. The van der Waals surface area contributed by atoms with Crippen LogP contribution in [-0.4, -0.2) is 20.8 Å². The monoisotopic (exact) mass is 239 g/mol. The number of rotatable bonds is 4. The first-order chi connectivity index (χ1) is 7.85. The number of nitrogens with one attached hydrogen (secondary N) is 1. The van der Waals surface area contributed by atoms with Gasteiger partial charge in [-0.1, -0.05) is 0 Å². The molecule has 3 nitrogen and oxygen atoms in total. The standard InChI is InChI=1S/C12H17NO2S/c1-13-12(10-5-3-4-6-15-10)11-7-9(14-2)8-16-11/h5,7-8,12-13H,3-4,6H2,1-2H3. The molecule has 0 aromatic carbocycles. The number of likely N-dealkylation sites (N-methyl/N-ethyl adjacent to an activating group) is 1. The van der Waals surface area contributed by atoms with Gasteiger partial charge in [-0.2, -0.15) is 0 Å². The van der Waals surface area contributed by atoms with Crippen LogP contribution >= 0.6 is 11.3 Å². The lowest BCUT2D eigenvalue weighted by Gasteiger charge is -2.22. The zero-order valence-electron chi connectivity index (χ0n) is 9.66. The molecule has 88 valence electrons. The maximum Gasteiger partial charge on any atom is 0.129 e. The highest BCUT2D eigenvalue weighted by molar-refractivity contribution is 7.10. The predicted octanol–water partition coefficient (Wildman–Crippen LogP) is 2.71. The minimum Gasteiger partial charge on any atom is -0.496 e. The number of hydrogen-bond donors (Lipinski definition) is 1. The first-order valence-corrected chi connectivity index (χ1v) is 6.35. The van der Waals surface area contributed by atoms with Crippen LogP contribution in [0.3, 0.4) is 0 Å². The Morgan fingerprint density at radius 2 is 2.44 bits per heavy atom. The number of ether oxygens (including phenoxy) is 2. The summed E-state index contributed by atoms with van der Waals surface area (Å²) in [4.78, 5) is 1.23. The molecule has 0 aliphatic carbocycles. The summed E-state index contributed by atoms with van der Waals surface area (Å²) in [5, 5.41) is 5.30. The van der Waals surface area contributed by atoms with E-state index in [9.17, 15) is 0 Å². The van der Waals surface area contributed by atoms with Crippen molar-refractivity contribution in [1.82, 2.24) is 5.32 Å². The molecular formula is C12H17NO2S. The molecule has 0 amide bonds. The van der Waals surface area contributed by atoms with Crippen LogP contribution in [0.15, 0.2) is 23.3 Å². The Morgan fingerprint density at radius 3 is 3.00 bits per heavy atom. The van der Waals surface area contributed by atoms with Crippen molar-refractivity contribution in [2.75, 3.05) is 20.8 Å². The van der Waals surface area contributed by atoms with Gasteiger partial charge in [-0.3, -0.25) is 0 Å². The highest BCUT2D eigenvalue weighted by atomic mass is 32.1. The third-order valence-corrected chi connectivity index (χ3v) is 3.63. The molecule has 1 aliphatic heterocycles. The third-order valence-electron chi connectivity index (χ3n) is 2.65. The average molecular weight is 239 g/mol. The van der Waals surface area contributed by atoms with Crippen molar-refractivity contribution in [3.63, 3.8) is 0 Å². The van der Waals surface area contributed by atoms with E-state index >= 15 is 0 Å². The maximum absolute atomic E-state index is 5.69. The summed E-state index contributed by atoms with van der Waals surface area (Å²) in [7, 11) is 3.65. The van der Waals surface area contributed by atoms with Crippen molar-refractivity contribution in [3.8, 4) is 5.75 Å². The number of thiophene rings is 1. The predicted molar refractivity (Wildman–Crippen MR) is 65.9 cm³/mol. The van der Waals surface area contributed by atoms with E-state index < -0.39 is 0 Å². The second kappa shape index (κ2) is 5.37. The topological polar surface area (TPSA) is 30.5 Å². The molecule has 1 aromatic heterocycles. The summed E-state index contributed by atoms with van der Waals surface area (Å²) in [6.45, 7) is 0.826. The fourth-order valence-corrected chi connectivity index (χ4v) is 2.77. The molecule has 2 rings (SSSR count). The van der Waals surface area contributed by atoms with E-state index in [1.807, 2.05) is 12.4 Å². The van der Waals surface area contributed by atoms with E-state index in [-0.39, 0.29) is 6.04 Å². The van der Waals surface area contributed by atoms with Gasteiger partial charge >= 0.3 is 0 Å². The Kier molecular flexibility index (Phi) is 3.85. The molecule has 1 aliphatic rings. The average Bonchev–Trinajstić information content (AvgIpc) is 2.80. The van der Waals surface area contributed by atoms with Crippen LogP contribution in [0.1, 0.15) is 23.8 Å². The van der Waals surface area contributed by atoms with Crippen LogP contribution in [0.5, 0.6) is 5.75 Å². The minimum absolute atomic E-state index is 0.161. The van der Waals surface area contributed by atoms with Crippen molar-refractivity contribution < 1.29 is 9.47 Å². The molecule has 0 radical (unpaired) electrons. The Hall–Kier alpha value is -1.00. The van der Waals surface area contributed by atoms with Gasteiger partial charge in [-0.05, 0) is 32.0 Å². The second-order valence-corrected chi connectivity index (χ2v) is 4.65. The van der Waals surface area contributed by atoms with E-state index in [1.54, 1.807) is 18.4 Å². The van der Waals surface area contributed by atoms with Gasteiger partial charge in [0.1, 0.15) is 11.5 Å². The molecule has 1 aromatic rings. The SMILES string of the molecule is CNC(C1=CCCCO1)c1cc(OC)cs1. The van der Waals surface area contributed by atoms with Gasteiger partial charge in [0.2, 0.25) is 0 Å². The third kappa shape index (κ3) is 2.39. The summed E-state index contributed by atoms with van der Waals surface area (Å²) in [6, 6.07) is 2.22. The van der Waals surface area contributed by atoms with Crippen molar-refractivity contribution in [2.45, 2.75) is 18.9 Å². The maximum atomic E-state index is 5.69. The van der Waals surface area contributed by atoms with E-state index in [2.05, 4.69) is 17.5 Å². The fraction of sp³-hybridized carbons (Fsp3) is 0.500. The Morgan fingerprint density at radius 1 is 1.56 bits per heavy atom. The molecule has 2 heterocycles. The highest BCUT2D eigenvalue weighted by Gasteiger charge is 2.20. The second-order valence-electron chi connectivity index (χ2n) is 3.71. The van der Waals surface area contributed by atoms with Crippen molar-refractivity contribution >= 4 is 11.3 Å². The van der Waals surface area contributed by atoms with Crippen molar-refractivity contribution in [2.24, 2.45) is 0 Å². The molecule has 16 heavy (non-hydrogen) atoms. The van der Waals surface area contributed by atoms with Crippen LogP contribution in [0, 0.1) is 0 Å². The van der Waals surface area contributed by atoms with E-state index in [0.29, 0.717) is 0 Å². The lowest BCUT2D eigenvalue weighted by molar-refractivity contribution is 0.170. The number of allylic oxidation sites excluding steroid dienone is 1. The van der Waals surface area contributed by atoms with E-state index in [1.165, 1.54) is 4.88 Å². The molecule has 1 atom stereocenters. The summed E-state index contributed by atoms with van der Waals surface area (Å²) >= 11 is 1.69. The lowest BCUT2D eigenvalue weighted by atomic mass is 10.1. The largest absolute Gasteiger partial charge is 0.496 e. The van der Waals surface area contributed by atoms with Gasteiger partial charge in [-0.25, -0.2) is 0 Å². The van der Waals surface area contributed by atoms with Gasteiger partial charge < -0.3 is 14.8 Å².